The van der Waals surface area contributed by atoms with Crippen LogP contribution in [0.2, 0.25) is 5.28 Å². The largest absolute Gasteiger partial charge is 0.324 e. The van der Waals surface area contributed by atoms with E-state index in [0.717, 1.165) is 6.20 Å². The maximum Gasteiger partial charge on any atom is 0.224 e. The minimum absolute atomic E-state index is 0.0740. The zero-order valence-electron chi connectivity index (χ0n) is 8.86. The van der Waals surface area contributed by atoms with Crippen LogP contribution in [0.15, 0.2) is 30.5 Å². The van der Waals surface area contributed by atoms with Gasteiger partial charge in [0.2, 0.25) is 5.28 Å². The highest BCUT2D eigenvalue weighted by molar-refractivity contribution is 6.28. The highest BCUT2D eigenvalue weighted by Gasteiger charge is 2.15. The van der Waals surface area contributed by atoms with E-state index in [0.29, 0.717) is 0 Å². The maximum absolute atomic E-state index is 13.5. The fourth-order valence-corrected chi connectivity index (χ4v) is 1.54. The molecule has 0 unspecified atom stereocenters. The summed E-state index contributed by atoms with van der Waals surface area (Å²) in [5.74, 6) is -1.21. The Morgan fingerprint density at radius 2 is 1.88 bits per heavy atom. The minimum atomic E-state index is -0.667. The summed E-state index contributed by atoms with van der Waals surface area (Å²) in [5.41, 5.74) is 0.209. The maximum atomic E-state index is 13.5. The Bertz CT molecular complexity index is 548. The Hall–Kier alpha value is -1.75. The lowest BCUT2D eigenvalue weighted by Crippen LogP contribution is -2.15. The van der Waals surface area contributed by atoms with E-state index >= 15 is 0 Å². The van der Waals surface area contributed by atoms with Crippen LogP contribution < -0.4 is 4.90 Å². The van der Waals surface area contributed by atoms with Gasteiger partial charge in [0.05, 0.1) is 11.9 Å². The number of rotatable bonds is 2. The van der Waals surface area contributed by atoms with E-state index in [1.165, 1.54) is 24.1 Å². The molecule has 2 rings (SSSR count). The predicted molar refractivity (Wildman–Crippen MR) is 61.5 cm³/mol. The molecular weight excluding hydrogens is 248 g/mol. The van der Waals surface area contributed by atoms with Crippen molar-refractivity contribution in [3.05, 3.63) is 47.4 Å². The third kappa shape index (κ3) is 2.34. The molecule has 0 radical (unpaired) electrons. The van der Waals surface area contributed by atoms with Crippen LogP contribution in [0.1, 0.15) is 0 Å². The molecule has 0 aliphatic carbocycles. The lowest BCUT2D eigenvalue weighted by Gasteiger charge is -2.19. The van der Waals surface area contributed by atoms with Crippen LogP contribution in [0.5, 0.6) is 0 Å². The van der Waals surface area contributed by atoms with Gasteiger partial charge in [-0.2, -0.15) is 4.98 Å². The van der Waals surface area contributed by atoms with Crippen LogP contribution in [0.25, 0.3) is 0 Å². The normalized spacial score (nSPS) is 10.4. The molecule has 0 amide bonds. The molecule has 1 aromatic heterocycles. The van der Waals surface area contributed by atoms with E-state index in [2.05, 4.69) is 9.97 Å². The van der Waals surface area contributed by atoms with Crippen molar-refractivity contribution in [2.45, 2.75) is 0 Å². The van der Waals surface area contributed by atoms with E-state index in [9.17, 15) is 8.78 Å². The number of para-hydroxylation sites is 1. The molecule has 0 bridgehead atoms. The molecule has 1 heterocycles. The highest BCUT2D eigenvalue weighted by Crippen LogP contribution is 2.26. The number of benzene rings is 1. The molecule has 0 fully saturated rings. The van der Waals surface area contributed by atoms with Gasteiger partial charge >= 0.3 is 0 Å². The van der Waals surface area contributed by atoms with Gasteiger partial charge in [-0.3, -0.25) is 0 Å². The van der Waals surface area contributed by atoms with Crippen LogP contribution in [0.3, 0.4) is 0 Å². The molecule has 3 nitrogen and oxygen atoms in total. The summed E-state index contributed by atoms with van der Waals surface area (Å²) >= 11 is 5.58. The third-order valence-electron chi connectivity index (χ3n) is 2.23. The van der Waals surface area contributed by atoms with Gasteiger partial charge in [0.15, 0.2) is 11.6 Å². The van der Waals surface area contributed by atoms with Gasteiger partial charge in [-0.15, -0.1) is 0 Å². The third-order valence-corrected chi connectivity index (χ3v) is 2.41. The molecule has 0 N–H and O–H groups in total. The fraction of sp³-hybridized carbons (Fsp3) is 0.0909. The van der Waals surface area contributed by atoms with Gasteiger partial charge in [-0.05, 0) is 23.7 Å². The first kappa shape index (κ1) is 11.7. The number of hydrogen-bond donors (Lipinski definition) is 0. The topological polar surface area (TPSA) is 29.0 Å². The van der Waals surface area contributed by atoms with Crippen molar-refractivity contribution in [2.24, 2.45) is 0 Å². The highest BCUT2D eigenvalue weighted by atomic mass is 35.5. The molecule has 0 aliphatic rings. The lowest BCUT2D eigenvalue weighted by atomic mass is 10.3. The summed E-state index contributed by atoms with van der Waals surface area (Å²) in [6.07, 6.45) is 0.946. The first-order valence-corrected chi connectivity index (χ1v) is 5.13. The minimum Gasteiger partial charge on any atom is -0.324 e. The number of nitrogens with zero attached hydrogens (tertiary/aromatic N) is 3. The van der Waals surface area contributed by atoms with Gasteiger partial charge in [-0.1, -0.05) is 12.1 Å². The Balaban J connectivity index is 2.47. The van der Waals surface area contributed by atoms with Crippen LogP contribution in [0.4, 0.5) is 20.3 Å². The van der Waals surface area contributed by atoms with Gasteiger partial charge in [0, 0.05) is 7.05 Å². The smallest absolute Gasteiger partial charge is 0.224 e. The molecule has 0 saturated heterocycles. The van der Waals surface area contributed by atoms with Gasteiger partial charge in [0.1, 0.15) is 5.82 Å². The summed E-state index contributed by atoms with van der Waals surface area (Å²) in [7, 11) is 1.50. The molecular formula is C11H8ClF2N3. The van der Waals surface area contributed by atoms with E-state index < -0.39 is 11.6 Å². The van der Waals surface area contributed by atoms with Crippen molar-refractivity contribution in [3.8, 4) is 0 Å². The molecule has 0 saturated carbocycles. The zero-order chi connectivity index (χ0) is 12.4. The summed E-state index contributed by atoms with van der Waals surface area (Å²) in [5, 5.41) is -0.0930. The van der Waals surface area contributed by atoms with Crippen molar-refractivity contribution < 1.29 is 8.78 Å². The second-order valence-electron chi connectivity index (χ2n) is 3.32. The monoisotopic (exact) mass is 255 g/mol. The van der Waals surface area contributed by atoms with E-state index in [1.54, 1.807) is 12.1 Å². The standard InChI is InChI=1S/C11H8ClF2N3/c1-17(9-5-3-2-4-7(9)13)10-8(14)6-15-11(12)16-10/h2-6H,1H3. The second-order valence-corrected chi connectivity index (χ2v) is 3.66. The number of halogens is 3. The average Bonchev–Trinajstić information content (AvgIpc) is 2.32. The van der Waals surface area contributed by atoms with Crippen molar-refractivity contribution in [2.75, 3.05) is 11.9 Å². The molecule has 1 aromatic carbocycles. The first-order chi connectivity index (χ1) is 8.09. The zero-order valence-corrected chi connectivity index (χ0v) is 9.62. The average molecular weight is 256 g/mol. The molecule has 0 atom stereocenters. The van der Waals surface area contributed by atoms with Crippen molar-refractivity contribution in [1.82, 2.24) is 9.97 Å². The van der Waals surface area contributed by atoms with Crippen LogP contribution in [0, 0.1) is 11.6 Å². The summed E-state index contributed by atoms with van der Waals surface area (Å²) < 4.78 is 27.0. The van der Waals surface area contributed by atoms with Gasteiger partial charge in [-0.25, -0.2) is 13.8 Å². The van der Waals surface area contributed by atoms with E-state index in [4.69, 9.17) is 11.6 Å². The van der Waals surface area contributed by atoms with Crippen molar-refractivity contribution >= 4 is 23.1 Å². The number of anilines is 2. The first-order valence-electron chi connectivity index (χ1n) is 4.76. The SMILES string of the molecule is CN(c1ccccc1F)c1nc(Cl)ncc1F. The number of hydrogen-bond acceptors (Lipinski definition) is 3. The molecule has 0 aliphatic heterocycles. The molecule has 6 heteroatoms. The molecule has 0 spiro atoms. The van der Waals surface area contributed by atoms with E-state index in [-0.39, 0.29) is 16.8 Å². The van der Waals surface area contributed by atoms with Crippen molar-refractivity contribution in [1.29, 1.82) is 0 Å². The van der Waals surface area contributed by atoms with E-state index in [1.807, 2.05) is 0 Å². The fourth-order valence-electron chi connectivity index (χ4n) is 1.41. The molecule has 17 heavy (non-hydrogen) atoms. The number of aromatic nitrogens is 2. The van der Waals surface area contributed by atoms with Crippen molar-refractivity contribution in [3.63, 3.8) is 0 Å². The quantitative estimate of drug-likeness (QED) is 0.772. The van der Waals surface area contributed by atoms with Crippen LogP contribution in [-0.4, -0.2) is 17.0 Å². The van der Waals surface area contributed by atoms with Gasteiger partial charge < -0.3 is 4.90 Å². The lowest BCUT2D eigenvalue weighted by molar-refractivity contribution is 0.607. The Morgan fingerprint density at radius 3 is 2.59 bits per heavy atom. The summed E-state index contributed by atoms with van der Waals surface area (Å²) in [6, 6.07) is 6.00. The molecule has 2 aromatic rings. The summed E-state index contributed by atoms with van der Waals surface area (Å²) in [6.45, 7) is 0. The van der Waals surface area contributed by atoms with Crippen LogP contribution in [-0.2, 0) is 0 Å². The Labute approximate surface area is 102 Å². The molecule has 88 valence electrons. The van der Waals surface area contributed by atoms with Gasteiger partial charge in [0.25, 0.3) is 0 Å². The summed E-state index contributed by atoms with van der Waals surface area (Å²) in [4.78, 5) is 8.50. The Kier molecular flexibility index (Phi) is 3.19. The Morgan fingerprint density at radius 1 is 1.18 bits per heavy atom. The predicted octanol–water partition coefficient (Wildman–Crippen LogP) is 3.18. The van der Waals surface area contributed by atoms with Crippen LogP contribution >= 0.6 is 11.6 Å². The second kappa shape index (κ2) is 4.63.